The second-order valence-electron chi connectivity index (χ2n) is 7.12. The molecule has 1 amide bonds. The van der Waals surface area contributed by atoms with Crippen LogP contribution in [0, 0.1) is 11.3 Å². The van der Waals surface area contributed by atoms with Gasteiger partial charge in [-0.3, -0.25) is 4.79 Å². The van der Waals surface area contributed by atoms with Crippen molar-refractivity contribution in [1.82, 2.24) is 10.2 Å². The Kier molecular flexibility index (Phi) is 6.30. The Morgan fingerprint density at radius 3 is 2.06 bits per heavy atom. The summed E-state index contributed by atoms with van der Waals surface area (Å²) >= 11 is 0. The molecule has 0 heterocycles. The SMILES string of the molecule is CN(C)C(C)(C)CNC(=O)C(CN)CC(C)(C)C. The maximum Gasteiger partial charge on any atom is 0.224 e. The van der Waals surface area contributed by atoms with Gasteiger partial charge in [-0.05, 0) is 39.8 Å². The molecule has 0 rings (SSSR count). The first-order valence-electron chi connectivity index (χ1n) is 6.65. The Hall–Kier alpha value is -0.610. The first-order chi connectivity index (χ1) is 7.99. The van der Waals surface area contributed by atoms with Crippen LogP contribution in [-0.2, 0) is 4.79 Å². The minimum Gasteiger partial charge on any atom is -0.354 e. The second kappa shape index (κ2) is 6.53. The quantitative estimate of drug-likeness (QED) is 0.757. The van der Waals surface area contributed by atoms with E-state index in [1.165, 1.54) is 0 Å². The summed E-state index contributed by atoms with van der Waals surface area (Å²) in [5.41, 5.74) is 5.79. The minimum atomic E-state index is -0.0945. The topological polar surface area (TPSA) is 58.4 Å². The molecule has 0 saturated heterocycles. The number of nitrogens with one attached hydrogen (secondary N) is 1. The smallest absolute Gasteiger partial charge is 0.224 e. The van der Waals surface area contributed by atoms with Crippen LogP contribution in [0.25, 0.3) is 0 Å². The summed E-state index contributed by atoms with van der Waals surface area (Å²) in [6.07, 6.45) is 0.817. The fourth-order valence-corrected chi connectivity index (χ4v) is 1.63. The van der Waals surface area contributed by atoms with E-state index in [1.54, 1.807) is 0 Å². The van der Waals surface area contributed by atoms with Crippen molar-refractivity contribution in [3.8, 4) is 0 Å². The van der Waals surface area contributed by atoms with E-state index in [4.69, 9.17) is 5.73 Å². The van der Waals surface area contributed by atoms with E-state index in [0.717, 1.165) is 6.42 Å². The van der Waals surface area contributed by atoms with Crippen molar-refractivity contribution in [2.75, 3.05) is 27.2 Å². The van der Waals surface area contributed by atoms with Crippen molar-refractivity contribution in [3.63, 3.8) is 0 Å². The zero-order chi connectivity index (χ0) is 14.6. The summed E-state index contributed by atoms with van der Waals surface area (Å²) in [4.78, 5) is 14.2. The molecule has 4 heteroatoms. The highest BCUT2D eigenvalue weighted by molar-refractivity contribution is 5.79. The Bertz CT molecular complexity index is 267. The molecule has 3 N–H and O–H groups in total. The van der Waals surface area contributed by atoms with Crippen LogP contribution >= 0.6 is 0 Å². The molecule has 0 aliphatic heterocycles. The van der Waals surface area contributed by atoms with E-state index < -0.39 is 0 Å². The zero-order valence-corrected chi connectivity index (χ0v) is 13.1. The lowest BCUT2D eigenvalue weighted by Gasteiger charge is -2.33. The summed E-state index contributed by atoms with van der Waals surface area (Å²) in [7, 11) is 4.03. The maximum absolute atomic E-state index is 12.1. The van der Waals surface area contributed by atoms with Gasteiger partial charge < -0.3 is 16.0 Å². The normalized spacial score (nSPS) is 14.7. The largest absolute Gasteiger partial charge is 0.354 e. The summed E-state index contributed by atoms with van der Waals surface area (Å²) in [5.74, 6) is -0.0229. The summed E-state index contributed by atoms with van der Waals surface area (Å²) < 4.78 is 0. The Morgan fingerprint density at radius 2 is 1.72 bits per heavy atom. The molecular weight excluding hydrogens is 226 g/mol. The molecule has 1 atom stereocenters. The van der Waals surface area contributed by atoms with Crippen molar-refractivity contribution < 1.29 is 4.79 Å². The number of hydrogen-bond acceptors (Lipinski definition) is 3. The zero-order valence-electron chi connectivity index (χ0n) is 13.1. The molecule has 0 spiro atoms. The van der Waals surface area contributed by atoms with Gasteiger partial charge in [0.2, 0.25) is 5.91 Å². The van der Waals surface area contributed by atoms with Crippen LogP contribution < -0.4 is 11.1 Å². The van der Waals surface area contributed by atoms with Gasteiger partial charge in [-0.2, -0.15) is 0 Å². The number of rotatable bonds is 6. The highest BCUT2D eigenvalue weighted by Crippen LogP contribution is 2.24. The van der Waals surface area contributed by atoms with Crippen LogP contribution in [0.5, 0.6) is 0 Å². The molecule has 1 unspecified atom stereocenters. The number of carbonyl (C=O) groups excluding carboxylic acids is 1. The van der Waals surface area contributed by atoms with Crippen molar-refractivity contribution in [2.45, 2.75) is 46.6 Å². The Morgan fingerprint density at radius 1 is 1.22 bits per heavy atom. The van der Waals surface area contributed by atoms with Crippen LogP contribution in [0.4, 0.5) is 0 Å². The molecule has 0 bridgehead atoms. The molecule has 0 aliphatic carbocycles. The van der Waals surface area contributed by atoms with Crippen LogP contribution in [0.1, 0.15) is 41.0 Å². The lowest BCUT2D eigenvalue weighted by atomic mass is 9.84. The predicted octanol–water partition coefficient (Wildman–Crippen LogP) is 1.45. The van der Waals surface area contributed by atoms with E-state index in [9.17, 15) is 4.79 Å². The lowest BCUT2D eigenvalue weighted by molar-refractivity contribution is -0.126. The Balaban J connectivity index is 4.38. The highest BCUT2D eigenvalue weighted by atomic mass is 16.1. The molecule has 0 aromatic rings. The first kappa shape index (κ1) is 17.4. The van der Waals surface area contributed by atoms with Gasteiger partial charge in [-0.1, -0.05) is 20.8 Å². The fraction of sp³-hybridized carbons (Fsp3) is 0.929. The molecule has 0 aliphatic rings. The highest BCUT2D eigenvalue weighted by Gasteiger charge is 2.26. The van der Waals surface area contributed by atoms with Crippen LogP contribution in [0.3, 0.4) is 0 Å². The van der Waals surface area contributed by atoms with E-state index in [0.29, 0.717) is 13.1 Å². The number of nitrogens with two attached hydrogens (primary N) is 1. The number of likely N-dealkylation sites (N-methyl/N-ethyl adjacent to an activating group) is 1. The number of nitrogens with zero attached hydrogens (tertiary/aromatic N) is 1. The minimum absolute atomic E-state index is 0.0451. The van der Waals surface area contributed by atoms with Crippen LogP contribution in [0.2, 0.25) is 0 Å². The van der Waals surface area contributed by atoms with Gasteiger partial charge in [0, 0.05) is 18.6 Å². The van der Waals surface area contributed by atoms with Crippen LogP contribution in [0.15, 0.2) is 0 Å². The molecule has 0 aromatic heterocycles. The third-order valence-corrected chi connectivity index (χ3v) is 3.42. The molecule has 108 valence electrons. The molecular formula is C14H31N3O. The fourth-order valence-electron chi connectivity index (χ4n) is 1.63. The molecule has 0 aromatic carbocycles. The van der Waals surface area contributed by atoms with Crippen molar-refractivity contribution in [1.29, 1.82) is 0 Å². The van der Waals surface area contributed by atoms with E-state index in [1.807, 2.05) is 14.1 Å². The third-order valence-electron chi connectivity index (χ3n) is 3.42. The molecule has 0 fully saturated rings. The van der Waals surface area contributed by atoms with E-state index in [-0.39, 0.29) is 22.8 Å². The third kappa shape index (κ3) is 6.36. The van der Waals surface area contributed by atoms with Gasteiger partial charge in [-0.15, -0.1) is 0 Å². The second-order valence-corrected chi connectivity index (χ2v) is 7.12. The number of amides is 1. The summed E-state index contributed by atoms with van der Waals surface area (Å²) in [6, 6.07) is 0. The predicted molar refractivity (Wildman–Crippen MR) is 77.4 cm³/mol. The van der Waals surface area contributed by atoms with Gasteiger partial charge in [-0.25, -0.2) is 0 Å². The van der Waals surface area contributed by atoms with Crippen LogP contribution in [-0.4, -0.2) is 43.5 Å². The van der Waals surface area contributed by atoms with Crippen molar-refractivity contribution >= 4 is 5.91 Å². The van der Waals surface area contributed by atoms with E-state index >= 15 is 0 Å². The van der Waals surface area contributed by atoms with Crippen molar-refractivity contribution in [3.05, 3.63) is 0 Å². The van der Waals surface area contributed by atoms with Gasteiger partial charge in [0.1, 0.15) is 0 Å². The Labute approximate surface area is 112 Å². The van der Waals surface area contributed by atoms with Gasteiger partial charge >= 0.3 is 0 Å². The van der Waals surface area contributed by atoms with Gasteiger partial charge in [0.15, 0.2) is 0 Å². The standard InChI is InChI=1S/C14H31N3O/c1-13(2,3)8-11(9-15)12(18)16-10-14(4,5)17(6)7/h11H,8-10,15H2,1-7H3,(H,16,18). The lowest BCUT2D eigenvalue weighted by Crippen LogP contribution is -2.50. The van der Waals surface area contributed by atoms with E-state index in [2.05, 4.69) is 44.8 Å². The maximum atomic E-state index is 12.1. The monoisotopic (exact) mass is 257 g/mol. The average Bonchev–Trinajstić information content (AvgIpc) is 2.21. The number of carbonyl (C=O) groups is 1. The average molecular weight is 257 g/mol. The first-order valence-corrected chi connectivity index (χ1v) is 6.65. The van der Waals surface area contributed by atoms with Gasteiger partial charge in [0.05, 0.1) is 5.92 Å². The summed E-state index contributed by atoms with van der Waals surface area (Å²) in [5, 5.41) is 3.02. The van der Waals surface area contributed by atoms with Crippen molar-refractivity contribution in [2.24, 2.45) is 17.1 Å². The molecule has 18 heavy (non-hydrogen) atoms. The molecule has 0 radical (unpaired) electrons. The molecule has 0 saturated carbocycles. The summed E-state index contributed by atoms with van der Waals surface area (Å²) in [6.45, 7) is 11.7. The number of hydrogen-bond donors (Lipinski definition) is 2. The van der Waals surface area contributed by atoms with Gasteiger partial charge in [0.25, 0.3) is 0 Å². The molecule has 4 nitrogen and oxygen atoms in total.